The molecule has 66 heavy (non-hydrogen) atoms. The number of para-hydroxylation sites is 6. The van der Waals surface area contributed by atoms with Gasteiger partial charge in [-0.1, -0.05) is 146 Å². The molecule has 0 N–H and O–H groups in total. The van der Waals surface area contributed by atoms with Crippen LogP contribution in [0.4, 0.5) is 51.2 Å². The van der Waals surface area contributed by atoms with Gasteiger partial charge in [-0.2, -0.15) is 0 Å². The van der Waals surface area contributed by atoms with Gasteiger partial charge in [-0.3, -0.25) is 0 Å². The summed E-state index contributed by atoms with van der Waals surface area (Å²) in [7, 11) is 0. The molecule has 0 saturated heterocycles. The van der Waals surface area contributed by atoms with Gasteiger partial charge in [0, 0.05) is 51.2 Å². The van der Waals surface area contributed by atoms with Crippen LogP contribution >= 0.6 is 0 Å². The van der Waals surface area contributed by atoms with Gasteiger partial charge < -0.3 is 14.7 Å². The Kier molecular flexibility index (Phi) is 11.8. The van der Waals surface area contributed by atoms with Crippen LogP contribution in [0.15, 0.2) is 255 Å². The van der Waals surface area contributed by atoms with Gasteiger partial charge in [0.05, 0.1) is 0 Å². The maximum absolute atomic E-state index is 2.32. The van der Waals surface area contributed by atoms with E-state index in [1.54, 1.807) is 0 Å². The summed E-state index contributed by atoms with van der Waals surface area (Å²) in [4.78, 5) is 6.96. The Labute approximate surface area is 389 Å². The average molecular weight is 850 g/mol. The van der Waals surface area contributed by atoms with E-state index in [0.29, 0.717) is 0 Å². The van der Waals surface area contributed by atoms with Crippen LogP contribution in [0.2, 0.25) is 0 Å². The number of hydrogen-bond donors (Lipinski definition) is 0. The largest absolute Gasteiger partial charge is 0.311 e. The summed E-state index contributed by atoms with van der Waals surface area (Å²) in [5.74, 6) is 0. The van der Waals surface area contributed by atoms with Crippen LogP contribution in [0.1, 0.15) is 16.7 Å². The van der Waals surface area contributed by atoms with Crippen molar-refractivity contribution >= 4 is 51.2 Å². The van der Waals surface area contributed by atoms with Crippen molar-refractivity contribution in [1.82, 2.24) is 0 Å². The Bertz CT molecular complexity index is 2670. The predicted molar refractivity (Wildman–Crippen MR) is 281 cm³/mol. The minimum atomic E-state index is 1.10. The molecule has 0 aromatic heterocycles. The molecule has 10 aromatic carbocycles. The van der Waals surface area contributed by atoms with E-state index in [-0.39, 0.29) is 0 Å². The Morgan fingerprint density at radius 2 is 0.333 bits per heavy atom. The highest BCUT2D eigenvalue weighted by Crippen LogP contribution is 2.46. The fraction of sp³-hybridized carbons (Fsp3) is 0.0476. The summed E-state index contributed by atoms with van der Waals surface area (Å²) < 4.78 is 0. The summed E-state index contributed by atoms with van der Waals surface area (Å²) in [6, 6.07) is 91.0. The monoisotopic (exact) mass is 849 g/mol. The van der Waals surface area contributed by atoms with E-state index in [1.807, 2.05) is 0 Å². The first-order valence-corrected chi connectivity index (χ1v) is 22.7. The molecule has 0 aliphatic carbocycles. The van der Waals surface area contributed by atoms with Crippen molar-refractivity contribution in [3.05, 3.63) is 271 Å². The van der Waals surface area contributed by atoms with Crippen LogP contribution in [0.3, 0.4) is 0 Å². The van der Waals surface area contributed by atoms with Gasteiger partial charge in [-0.05, 0) is 180 Å². The second-order valence-electron chi connectivity index (χ2n) is 16.7. The third kappa shape index (κ3) is 8.27. The molecule has 0 fully saturated rings. The first kappa shape index (κ1) is 41.6. The number of rotatable bonds is 12. The summed E-state index contributed by atoms with van der Waals surface area (Å²) >= 11 is 0. The number of anilines is 9. The summed E-state index contributed by atoms with van der Waals surface area (Å²) in [5.41, 5.74) is 21.1. The zero-order valence-electron chi connectivity index (χ0n) is 37.6. The van der Waals surface area contributed by atoms with Gasteiger partial charge in [0.1, 0.15) is 0 Å². The van der Waals surface area contributed by atoms with E-state index in [1.165, 1.54) is 50.1 Å². The third-order valence-corrected chi connectivity index (χ3v) is 12.6. The van der Waals surface area contributed by atoms with E-state index in [9.17, 15) is 0 Å². The summed E-state index contributed by atoms with van der Waals surface area (Å²) in [6.07, 6.45) is 0. The van der Waals surface area contributed by atoms with Crippen LogP contribution in [0, 0.1) is 20.8 Å². The van der Waals surface area contributed by atoms with Crippen LogP contribution < -0.4 is 14.7 Å². The van der Waals surface area contributed by atoms with Crippen molar-refractivity contribution in [2.75, 3.05) is 14.7 Å². The molecule has 0 saturated carbocycles. The predicted octanol–water partition coefficient (Wildman–Crippen LogP) is 18.0. The molecule has 3 nitrogen and oxygen atoms in total. The molecule has 0 amide bonds. The van der Waals surface area contributed by atoms with Crippen molar-refractivity contribution in [2.45, 2.75) is 20.8 Å². The van der Waals surface area contributed by atoms with E-state index < -0.39 is 0 Å². The lowest BCUT2D eigenvalue weighted by atomic mass is 9.80. The first-order chi connectivity index (χ1) is 32.5. The smallest absolute Gasteiger partial charge is 0.0462 e. The highest BCUT2D eigenvalue weighted by Gasteiger charge is 2.23. The second-order valence-corrected chi connectivity index (χ2v) is 16.7. The molecule has 10 rings (SSSR count). The van der Waals surface area contributed by atoms with Gasteiger partial charge in [-0.25, -0.2) is 0 Å². The van der Waals surface area contributed by atoms with Crippen molar-refractivity contribution in [3.8, 4) is 33.4 Å². The molecule has 0 radical (unpaired) electrons. The zero-order chi connectivity index (χ0) is 44.8. The number of nitrogens with zero attached hydrogens (tertiary/aromatic N) is 3. The van der Waals surface area contributed by atoms with E-state index in [4.69, 9.17) is 0 Å². The lowest BCUT2D eigenvalue weighted by Gasteiger charge is -2.27. The van der Waals surface area contributed by atoms with Crippen LogP contribution in [-0.4, -0.2) is 0 Å². The van der Waals surface area contributed by atoms with E-state index >= 15 is 0 Å². The maximum Gasteiger partial charge on any atom is 0.0462 e. The normalized spacial score (nSPS) is 11.0. The fourth-order valence-electron chi connectivity index (χ4n) is 9.65. The van der Waals surface area contributed by atoms with Gasteiger partial charge in [0.15, 0.2) is 0 Å². The Balaban J connectivity index is 1.11. The fourth-order valence-corrected chi connectivity index (χ4v) is 9.65. The number of hydrogen-bond acceptors (Lipinski definition) is 3. The molecule has 0 heterocycles. The van der Waals surface area contributed by atoms with Gasteiger partial charge in [0.25, 0.3) is 0 Å². The molecule has 3 heteroatoms. The SMILES string of the molecule is Cc1c(-c2ccc(N(c3ccccc3)c3ccccc3)cc2)c(C)c(-c2ccc(N(c3ccccc3)c3ccccc3)cc2)c(C)c1-c1ccc(N(c2ccccc2)c2ccccc2)cc1. The van der Waals surface area contributed by atoms with Crippen molar-refractivity contribution in [2.24, 2.45) is 0 Å². The molecule has 318 valence electrons. The molecule has 0 unspecified atom stereocenters. The quantitative estimate of drug-likeness (QED) is 0.121. The van der Waals surface area contributed by atoms with Crippen molar-refractivity contribution < 1.29 is 0 Å². The van der Waals surface area contributed by atoms with Crippen LogP contribution in [-0.2, 0) is 0 Å². The van der Waals surface area contributed by atoms with Crippen molar-refractivity contribution in [3.63, 3.8) is 0 Å². The Morgan fingerprint density at radius 3 is 0.500 bits per heavy atom. The second kappa shape index (κ2) is 18.8. The molecule has 0 atom stereocenters. The highest BCUT2D eigenvalue weighted by atomic mass is 15.2. The minimum absolute atomic E-state index is 1.10. The Morgan fingerprint density at radius 1 is 0.182 bits per heavy atom. The Hall–Kier alpha value is -8.40. The van der Waals surface area contributed by atoms with E-state index in [0.717, 1.165) is 51.2 Å². The first-order valence-electron chi connectivity index (χ1n) is 22.7. The highest BCUT2D eigenvalue weighted by molar-refractivity contribution is 5.93. The summed E-state index contributed by atoms with van der Waals surface area (Å²) in [5, 5.41) is 0. The topological polar surface area (TPSA) is 9.72 Å². The lowest BCUT2D eigenvalue weighted by Crippen LogP contribution is -2.10. The average Bonchev–Trinajstić information content (AvgIpc) is 3.38. The van der Waals surface area contributed by atoms with Crippen LogP contribution in [0.5, 0.6) is 0 Å². The molecule has 10 aromatic rings. The van der Waals surface area contributed by atoms with Gasteiger partial charge in [0.2, 0.25) is 0 Å². The van der Waals surface area contributed by atoms with Gasteiger partial charge in [-0.15, -0.1) is 0 Å². The standard InChI is InChI=1S/C63H51N3/c1-46-61(49-34-40-58(41-35-49)64(52-22-10-4-11-23-52)53-24-12-5-13-25-53)47(2)63(51-38-44-60(45-39-51)66(56-30-18-8-19-31-56)57-32-20-9-21-33-57)48(3)62(46)50-36-42-59(43-37-50)65(54-26-14-6-15-27-54)55-28-16-7-17-29-55/h4-45H,1-3H3. The van der Waals surface area contributed by atoms with Gasteiger partial charge >= 0.3 is 0 Å². The molecule has 0 aliphatic heterocycles. The minimum Gasteiger partial charge on any atom is -0.311 e. The molecule has 0 spiro atoms. The molecule has 0 aliphatic rings. The molecular weight excluding hydrogens is 799 g/mol. The molecule has 0 bridgehead atoms. The van der Waals surface area contributed by atoms with E-state index in [2.05, 4.69) is 290 Å². The zero-order valence-corrected chi connectivity index (χ0v) is 37.6. The lowest BCUT2D eigenvalue weighted by molar-refractivity contribution is 1.27. The third-order valence-electron chi connectivity index (χ3n) is 12.6. The summed E-state index contributed by atoms with van der Waals surface area (Å²) in [6.45, 7) is 6.91. The molecular formula is C63H51N3. The maximum atomic E-state index is 2.32. The van der Waals surface area contributed by atoms with Crippen LogP contribution in [0.25, 0.3) is 33.4 Å². The van der Waals surface area contributed by atoms with Crippen molar-refractivity contribution in [1.29, 1.82) is 0 Å². The number of benzene rings is 10.